The molecule has 76 valence electrons. The highest BCUT2D eigenvalue weighted by molar-refractivity contribution is 5.90. The quantitative estimate of drug-likeness (QED) is 0.450. The lowest BCUT2D eigenvalue weighted by molar-refractivity contribution is -0.161. The van der Waals surface area contributed by atoms with Crippen molar-refractivity contribution < 1.29 is 14.3 Å². The van der Waals surface area contributed by atoms with Crippen LogP contribution in [-0.4, -0.2) is 38.1 Å². The Balaban J connectivity index is 3.99. The summed E-state index contributed by atoms with van der Waals surface area (Å²) in [4.78, 5) is 22.1. The molecule has 5 nitrogen and oxygen atoms in total. The number of rotatable bonds is 4. The van der Waals surface area contributed by atoms with Crippen molar-refractivity contribution in [1.29, 1.82) is 0 Å². The van der Waals surface area contributed by atoms with Crippen LogP contribution in [0, 0.1) is 0 Å². The van der Waals surface area contributed by atoms with Crippen molar-refractivity contribution in [3.63, 3.8) is 0 Å². The summed E-state index contributed by atoms with van der Waals surface area (Å²) in [6.45, 7) is 3.25. The number of esters is 2. The molecule has 13 heavy (non-hydrogen) atoms. The van der Waals surface area contributed by atoms with Crippen LogP contribution < -0.4 is 10.6 Å². The summed E-state index contributed by atoms with van der Waals surface area (Å²) in [7, 11) is 3.25. The van der Waals surface area contributed by atoms with Gasteiger partial charge >= 0.3 is 11.9 Å². The van der Waals surface area contributed by atoms with Gasteiger partial charge in [-0.15, -0.1) is 0 Å². The van der Waals surface area contributed by atoms with Crippen molar-refractivity contribution in [3.05, 3.63) is 0 Å². The van der Waals surface area contributed by atoms with Gasteiger partial charge in [0.2, 0.25) is 0 Å². The molecule has 0 aromatic heterocycles. The predicted molar refractivity (Wildman–Crippen MR) is 48.1 cm³/mol. The summed E-state index contributed by atoms with van der Waals surface area (Å²) in [5.74, 6) is -1.12. The summed E-state index contributed by atoms with van der Waals surface area (Å²) in [6.07, 6.45) is 0. The maximum Gasteiger partial charge on any atom is 0.330 e. The molecule has 0 spiro atoms. The Bertz CT molecular complexity index is 174. The second-order valence-electron chi connectivity index (χ2n) is 2.76. The van der Waals surface area contributed by atoms with Crippen LogP contribution in [0.4, 0.5) is 0 Å². The first-order valence-corrected chi connectivity index (χ1v) is 4.13. The van der Waals surface area contributed by atoms with Crippen LogP contribution in [0.2, 0.25) is 0 Å². The van der Waals surface area contributed by atoms with Crippen molar-refractivity contribution in [3.8, 4) is 0 Å². The molecule has 0 heterocycles. The Kier molecular flexibility index (Phi) is 5.25. The Morgan fingerprint density at radius 2 is 1.31 bits per heavy atom. The molecule has 2 atom stereocenters. The number of hydrogen-bond acceptors (Lipinski definition) is 5. The average Bonchev–Trinajstić information content (AvgIpc) is 2.14. The monoisotopic (exact) mass is 188 g/mol. The minimum Gasteiger partial charge on any atom is -0.391 e. The zero-order valence-electron chi connectivity index (χ0n) is 8.38. The Morgan fingerprint density at radius 1 is 1.00 bits per heavy atom. The SMILES string of the molecule is CN[C@@H](C)C(=O)OC(=O)[C@H](C)NC. The van der Waals surface area contributed by atoms with E-state index in [1.54, 1.807) is 27.9 Å². The van der Waals surface area contributed by atoms with Gasteiger partial charge in [-0.3, -0.25) is 0 Å². The van der Waals surface area contributed by atoms with Gasteiger partial charge in [-0.25, -0.2) is 9.59 Å². The molecule has 0 aromatic rings. The number of carbonyl (C=O) groups excluding carboxylic acids is 2. The zero-order valence-corrected chi connectivity index (χ0v) is 8.38. The molecule has 0 saturated heterocycles. The van der Waals surface area contributed by atoms with Gasteiger partial charge in [-0.1, -0.05) is 0 Å². The molecule has 0 aliphatic rings. The topological polar surface area (TPSA) is 67.4 Å². The standard InChI is InChI=1S/C8H16N2O3/c1-5(9-3)7(11)13-8(12)6(2)10-4/h5-6,9-10H,1-4H3/t5-,6-/m0/s1. The molecule has 0 radical (unpaired) electrons. The second kappa shape index (κ2) is 5.66. The van der Waals surface area contributed by atoms with Gasteiger partial charge in [0, 0.05) is 0 Å². The Labute approximate surface area is 77.8 Å². The van der Waals surface area contributed by atoms with E-state index in [9.17, 15) is 9.59 Å². The molecule has 0 aliphatic heterocycles. The van der Waals surface area contributed by atoms with Gasteiger partial charge in [0.05, 0.1) is 0 Å². The van der Waals surface area contributed by atoms with Gasteiger partial charge in [-0.2, -0.15) is 0 Å². The molecule has 0 fully saturated rings. The molecule has 0 unspecified atom stereocenters. The lowest BCUT2D eigenvalue weighted by Gasteiger charge is -2.11. The van der Waals surface area contributed by atoms with Gasteiger partial charge in [0.15, 0.2) is 0 Å². The van der Waals surface area contributed by atoms with E-state index >= 15 is 0 Å². The number of ether oxygens (including phenoxy) is 1. The van der Waals surface area contributed by atoms with Crippen molar-refractivity contribution in [2.75, 3.05) is 14.1 Å². The predicted octanol–water partition coefficient (Wildman–Crippen LogP) is -0.728. The van der Waals surface area contributed by atoms with E-state index in [0.29, 0.717) is 0 Å². The summed E-state index contributed by atoms with van der Waals surface area (Å²) >= 11 is 0. The van der Waals surface area contributed by atoms with Gasteiger partial charge in [0.25, 0.3) is 0 Å². The highest BCUT2D eigenvalue weighted by Crippen LogP contribution is 1.91. The van der Waals surface area contributed by atoms with Crippen molar-refractivity contribution in [2.45, 2.75) is 25.9 Å². The first-order chi connectivity index (χ1) is 6.02. The molecule has 2 N–H and O–H groups in total. The van der Waals surface area contributed by atoms with Crippen LogP contribution in [0.25, 0.3) is 0 Å². The summed E-state index contributed by atoms with van der Waals surface area (Å²) < 4.78 is 4.55. The molecule has 0 amide bonds. The van der Waals surface area contributed by atoms with Crippen LogP contribution in [0.3, 0.4) is 0 Å². The fourth-order valence-corrected chi connectivity index (χ4v) is 0.512. The third kappa shape index (κ3) is 4.00. The highest BCUT2D eigenvalue weighted by atomic mass is 16.6. The lowest BCUT2D eigenvalue weighted by atomic mass is 10.3. The zero-order chi connectivity index (χ0) is 10.4. The first-order valence-electron chi connectivity index (χ1n) is 4.13. The van der Waals surface area contributed by atoms with E-state index in [4.69, 9.17) is 0 Å². The van der Waals surface area contributed by atoms with Gasteiger partial charge in [0.1, 0.15) is 12.1 Å². The molecule has 0 aliphatic carbocycles. The van der Waals surface area contributed by atoms with E-state index in [1.165, 1.54) is 0 Å². The molecule has 5 heteroatoms. The number of carbonyl (C=O) groups is 2. The summed E-state index contributed by atoms with van der Waals surface area (Å²) in [5, 5.41) is 5.36. The summed E-state index contributed by atoms with van der Waals surface area (Å²) in [5.41, 5.74) is 0. The van der Waals surface area contributed by atoms with Gasteiger partial charge in [-0.05, 0) is 27.9 Å². The molecule has 0 rings (SSSR count). The normalized spacial score (nSPS) is 14.8. The minimum atomic E-state index is -0.561. The minimum absolute atomic E-state index is 0.465. The van der Waals surface area contributed by atoms with Crippen molar-refractivity contribution >= 4 is 11.9 Å². The fourth-order valence-electron chi connectivity index (χ4n) is 0.512. The maximum atomic E-state index is 11.1. The van der Waals surface area contributed by atoms with Crippen LogP contribution >= 0.6 is 0 Å². The second-order valence-corrected chi connectivity index (χ2v) is 2.76. The molecule has 0 aromatic carbocycles. The van der Waals surface area contributed by atoms with E-state index in [2.05, 4.69) is 15.4 Å². The van der Waals surface area contributed by atoms with E-state index in [1.807, 2.05) is 0 Å². The van der Waals surface area contributed by atoms with E-state index < -0.39 is 24.0 Å². The average molecular weight is 188 g/mol. The van der Waals surface area contributed by atoms with E-state index in [-0.39, 0.29) is 0 Å². The highest BCUT2D eigenvalue weighted by Gasteiger charge is 2.19. The number of hydrogen-bond donors (Lipinski definition) is 2. The van der Waals surface area contributed by atoms with Crippen LogP contribution in [0.5, 0.6) is 0 Å². The van der Waals surface area contributed by atoms with Crippen LogP contribution in [0.1, 0.15) is 13.8 Å². The molecular formula is C8H16N2O3. The van der Waals surface area contributed by atoms with Crippen LogP contribution in [-0.2, 0) is 14.3 Å². The summed E-state index contributed by atoms with van der Waals surface area (Å²) in [6, 6.07) is -0.930. The first kappa shape index (κ1) is 12.1. The van der Waals surface area contributed by atoms with Gasteiger partial charge < -0.3 is 15.4 Å². The van der Waals surface area contributed by atoms with Crippen molar-refractivity contribution in [2.24, 2.45) is 0 Å². The largest absolute Gasteiger partial charge is 0.391 e. The van der Waals surface area contributed by atoms with Crippen molar-refractivity contribution in [1.82, 2.24) is 10.6 Å². The number of nitrogens with one attached hydrogen (secondary N) is 2. The van der Waals surface area contributed by atoms with E-state index in [0.717, 1.165) is 0 Å². The fraction of sp³-hybridized carbons (Fsp3) is 0.750. The third-order valence-corrected chi connectivity index (χ3v) is 1.77. The Morgan fingerprint density at radius 3 is 1.54 bits per heavy atom. The number of likely N-dealkylation sites (N-methyl/N-ethyl adjacent to an activating group) is 2. The van der Waals surface area contributed by atoms with Crippen LogP contribution in [0.15, 0.2) is 0 Å². The molecular weight excluding hydrogens is 172 g/mol. The molecule has 0 bridgehead atoms. The maximum absolute atomic E-state index is 11.1. The lowest BCUT2D eigenvalue weighted by Crippen LogP contribution is -2.39. The smallest absolute Gasteiger partial charge is 0.330 e. The Hall–Kier alpha value is -0.940. The third-order valence-electron chi connectivity index (χ3n) is 1.77. The molecule has 0 saturated carbocycles.